The van der Waals surface area contributed by atoms with Crippen molar-refractivity contribution in [2.45, 2.75) is 24.9 Å². The smallest absolute Gasteiger partial charge is 0.457 e. The van der Waals surface area contributed by atoms with Crippen molar-refractivity contribution in [2.75, 3.05) is 0 Å². The van der Waals surface area contributed by atoms with Gasteiger partial charge in [0, 0.05) is 6.42 Å². The van der Waals surface area contributed by atoms with Crippen LogP contribution in [0.5, 0.6) is 11.5 Å². The summed E-state index contributed by atoms with van der Waals surface area (Å²) in [4.78, 5) is 27.2. The normalized spacial score (nSPS) is 11.9. The number of para-hydroxylation sites is 2. The van der Waals surface area contributed by atoms with Gasteiger partial charge in [0.15, 0.2) is 5.78 Å². The molecule has 0 aliphatic heterocycles. The summed E-state index contributed by atoms with van der Waals surface area (Å²) in [5, 5.41) is 11.4. The average Bonchev–Trinajstić information content (AvgIpc) is 3.11. The molecule has 0 aliphatic carbocycles. The third-order valence-electron chi connectivity index (χ3n) is 7.21. The predicted octanol–water partition coefficient (Wildman–Crippen LogP) is 2.16. The van der Waals surface area contributed by atoms with Crippen molar-refractivity contribution in [1.82, 2.24) is 10.6 Å². The lowest BCUT2D eigenvalue weighted by Gasteiger charge is -2.30. The van der Waals surface area contributed by atoms with Gasteiger partial charge < -0.3 is 36.8 Å². The van der Waals surface area contributed by atoms with Crippen molar-refractivity contribution in [3.05, 3.63) is 168 Å². The first-order chi connectivity index (χ1) is 23.3. The SMILES string of the molecule is NC(=[NH2+])c1ccc(C(NC(=O)[C@H](Cc2ccccc2)NC(=O)OCc2ccccc2)P(=O)(Oc2ccccc2)Oc2ccccc2)cc1.[Cl-]. The van der Waals surface area contributed by atoms with E-state index in [4.69, 9.17) is 24.9 Å². The molecule has 0 saturated carbocycles. The van der Waals surface area contributed by atoms with Crippen molar-refractivity contribution in [2.24, 2.45) is 5.73 Å². The van der Waals surface area contributed by atoms with E-state index in [-0.39, 0.29) is 42.8 Å². The summed E-state index contributed by atoms with van der Waals surface area (Å²) in [6.07, 6.45) is -0.685. The van der Waals surface area contributed by atoms with Crippen molar-refractivity contribution in [3.63, 3.8) is 0 Å². The zero-order valence-corrected chi connectivity index (χ0v) is 28.0. The molecular formula is C37H36ClN4O6P. The van der Waals surface area contributed by atoms with Gasteiger partial charge in [-0.3, -0.25) is 15.9 Å². The highest BCUT2D eigenvalue weighted by Gasteiger charge is 2.43. The summed E-state index contributed by atoms with van der Waals surface area (Å²) < 4.78 is 32.7. The molecule has 0 bridgehead atoms. The Hall–Kier alpha value is -5.57. The zero-order valence-electron chi connectivity index (χ0n) is 26.4. The number of rotatable bonds is 14. The lowest BCUT2D eigenvalue weighted by Crippen LogP contribution is -3.00. The fourth-order valence-electron chi connectivity index (χ4n) is 4.78. The number of carbonyl (C=O) groups is 2. The van der Waals surface area contributed by atoms with E-state index in [1.165, 1.54) is 0 Å². The Morgan fingerprint density at radius 3 is 1.63 bits per heavy atom. The number of amidine groups is 1. The van der Waals surface area contributed by atoms with Crippen LogP contribution < -0.4 is 43.2 Å². The fraction of sp³-hybridized carbons (Fsp3) is 0.108. The highest BCUT2D eigenvalue weighted by Crippen LogP contribution is 2.59. The second-order valence-electron chi connectivity index (χ2n) is 10.8. The van der Waals surface area contributed by atoms with E-state index in [2.05, 4.69) is 10.6 Å². The lowest BCUT2D eigenvalue weighted by atomic mass is 10.1. The van der Waals surface area contributed by atoms with Crippen molar-refractivity contribution >= 4 is 25.4 Å². The maximum Gasteiger partial charge on any atom is 0.457 e. The number of alkyl carbamates (subject to hydrolysis) is 1. The Bertz CT molecular complexity index is 1810. The minimum Gasteiger partial charge on any atom is -1.00 e. The van der Waals surface area contributed by atoms with E-state index >= 15 is 4.57 Å². The largest absolute Gasteiger partial charge is 1.00 e. The summed E-state index contributed by atoms with van der Waals surface area (Å²) in [5.74, 6) is -1.39. The number of amides is 2. The van der Waals surface area contributed by atoms with Gasteiger partial charge in [-0.2, -0.15) is 0 Å². The Morgan fingerprint density at radius 2 is 1.14 bits per heavy atom. The Balaban J connectivity index is 0.00000541. The molecule has 6 N–H and O–H groups in total. The van der Waals surface area contributed by atoms with Crippen LogP contribution in [0.15, 0.2) is 146 Å². The number of benzene rings is 5. The molecule has 0 heterocycles. The summed E-state index contributed by atoms with van der Waals surface area (Å²) in [7, 11) is -4.34. The number of ether oxygens (including phenoxy) is 1. The average molecular weight is 699 g/mol. The monoisotopic (exact) mass is 698 g/mol. The molecule has 5 aromatic rings. The molecule has 0 spiro atoms. The van der Waals surface area contributed by atoms with Gasteiger partial charge in [0.25, 0.3) is 5.84 Å². The Morgan fingerprint density at radius 1 is 0.673 bits per heavy atom. The van der Waals surface area contributed by atoms with Crippen LogP contribution in [0.1, 0.15) is 28.0 Å². The van der Waals surface area contributed by atoms with E-state index in [1.54, 1.807) is 84.9 Å². The molecule has 0 fully saturated rings. The quantitative estimate of drug-likeness (QED) is 0.0788. The number of hydrogen-bond donors (Lipinski definition) is 4. The van der Waals surface area contributed by atoms with Gasteiger partial charge >= 0.3 is 13.7 Å². The van der Waals surface area contributed by atoms with Crippen LogP contribution in [0.25, 0.3) is 0 Å². The molecule has 49 heavy (non-hydrogen) atoms. The minimum absolute atomic E-state index is 0. The molecule has 0 aliphatic rings. The molecule has 5 rings (SSSR count). The second kappa shape index (κ2) is 17.5. The molecule has 0 saturated heterocycles. The standard InChI is InChI=1S/C37H35N4O6P.ClH/c38-34(39)29-21-23-30(24-22-29)36(48(44,46-31-17-9-3-10-18-31)47-32-19-11-4-12-20-32)41-35(42)33(25-27-13-5-1-6-14-27)40-37(43)45-26-28-15-7-2-8-16-28;/h1-24,33,36H,25-26H2,(H3,38,39)(H,40,43)(H,41,42);1H/t33-,36?;/m0./s1. The van der Waals surface area contributed by atoms with Crippen LogP contribution in [-0.4, -0.2) is 23.9 Å². The van der Waals surface area contributed by atoms with E-state index in [0.29, 0.717) is 11.1 Å². The van der Waals surface area contributed by atoms with Crippen LogP contribution in [0, 0.1) is 0 Å². The topological polar surface area (TPSA) is 155 Å². The molecule has 2 atom stereocenters. The highest BCUT2D eigenvalue weighted by molar-refractivity contribution is 7.55. The fourth-order valence-corrected chi connectivity index (χ4v) is 6.69. The van der Waals surface area contributed by atoms with Gasteiger partial charge in [-0.15, -0.1) is 0 Å². The molecule has 0 aromatic heterocycles. The van der Waals surface area contributed by atoms with Gasteiger partial charge in [0.1, 0.15) is 24.1 Å². The first kappa shape index (κ1) is 36.3. The van der Waals surface area contributed by atoms with Crippen LogP contribution in [0.2, 0.25) is 0 Å². The number of nitrogens with one attached hydrogen (secondary N) is 2. The van der Waals surface area contributed by atoms with E-state index in [0.717, 1.165) is 11.1 Å². The Labute approximate surface area is 291 Å². The molecule has 5 aromatic carbocycles. The maximum absolute atomic E-state index is 15.0. The minimum atomic E-state index is -4.34. The van der Waals surface area contributed by atoms with Crippen molar-refractivity contribution in [1.29, 1.82) is 0 Å². The number of nitrogens with two attached hydrogens (primary N) is 2. The number of carbonyl (C=O) groups excluding carboxylic acids is 2. The molecule has 0 radical (unpaired) electrons. The molecular weight excluding hydrogens is 663 g/mol. The van der Waals surface area contributed by atoms with Gasteiger partial charge in [0.05, 0.1) is 5.56 Å². The van der Waals surface area contributed by atoms with E-state index in [1.807, 2.05) is 60.7 Å². The third-order valence-corrected chi connectivity index (χ3v) is 9.20. The summed E-state index contributed by atoms with van der Waals surface area (Å²) in [6.45, 7) is 0.00759. The molecule has 12 heteroatoms. The summed E-state index contributed by atoms with van der Waals surface area (Å²) in [5.41, 5.74) is 8.28. The third kappa shape index (κ3) is 10.5. The van der Waals surface area contributed by atoms with Gasteiger partial charge in [-0.05, 0) is 53.1 Å². The van der Waals surface area contributed by atoms with Crippen LogP contribution in [-0.2, 0) is 27.1 Å². The number of hydrogen-bond acceptors (Lipinski definition) is 6. The van der Waals surface area contributed by atoms with Gasteiger partial charge in [-0.25, -0.2) is 9.36 Å². The maximum atomic E-state index is 15.0. The van der Waals surface area contributed by atoms with Crippen molar-refractivity contribution < 1.29 is 45.8 Å². The van der Waals surface area contributed by atoms with Gasteiger partial charge in [-0.1, -0.05) is 109 Å². The molecule has 252 valence electrons. The highest BCUT2D eigenvalue weighted by atomic mass is 35.5. The summed E-state index contributed by atoms with van der Waals surface area (Å²) in [6, 6.07) is 40.8. The molecule has 10 nitrogen and oxygen atoms in total. The number of halogens is 1. The van der Waals surface area contributed by atoms with Crippen LogP contribution >= 0.6 is 7.60 Å². The Kier molecular flexibility index (Phi) is 13.0. The first-order valence-corrected chi connectivity index (χ1v) is 16.8. The van der Waals surface area contributed by atoms with Crippen molar-refractivity contribution in [3.8, 4) is 11.5 Å². The molecule has 1 unspecified atom stereocenters. The zero-order chi connectivity index (χ0) is 33.8. The summed E-state index contributed by atoms with van der Waals surface area (Å²) >= 11 is 0. The van der Waals surface area contributed by atoms with Gasteiger partial charge in [0.2, 0.25) is 5.91 Å². The lowest BCUT2D eigenvalue weighted by molar-refractivity contribution is -0.123. The first-order valence-electron chi connectivity index (χ1n) is 15.2. The van der Waals surface area contributed by atoms with E-state index in [9.17, 15) is 9.59 Å². The van der Waals surface area contributed by atoms with Crippen LogP contribution in [0.3, 0.4) is 0 Å². The van der Waals surface area contributed by atoms with Crippen LogP contribution in [0.4, 0.5) is 4.79 Å². The second-order valence-corrected chi connectivity index (χ2v) is 12.7. The molecule has 2 amide bonds. The van der Waals surface area contributed by atoms with E-state index < -0.39 is 31.4 Å². The predicted molar refractivity (Wildman–Crippen MR) is 183 cm³/mol.